The number of hydrogen-bond donors (Lipinski definition) is 1. The van der Waals surface area contributed by atoms with E-state index in [0.29, 0.717) is 25.6 Å². The number of aryl methyl sites for hydroxylation is 1. The molecule has 27 heavy (non-hydrogen) atoms. The average molecular weight is 369 g/mol. The minimum absolute atomic E-state index is 0.0138. The first-order chi connectivity index (χ1) is 13.1. The standard InChI is InChI=1S/C18H23N7O2/c1-23-16-12(8-20-23)17(22-15(21-16)11-4-2-3-5-11)24-6-7-25-13(10-24)18(27)19-9-14(25)26/h8,11,13H,2-7,9-10H2,1H3,(H,19,27)/t13-/m1/s1. The van der Waals surface area contributed by atoms with Crippen LogP contribution in [-0.2, 0) is 16.6 Å². The van der Waals surface area contributed by atoms with Gasteiger partial charge in [0, 0.05) is 32.6 Å². The van der Waals surface area contributed by atoms with Crippen molar-refractivity contribution in [2.24, 2.45) is 7.05 Å². The number of aromatic nitrogens is 4. The van der Waals surface area contributed by atoms with Gasteiger partial charge in [0.25, 0.3) is 0 Å². The maximum absolute atomic E-state index is 12.3. The lowest BCUT2D eigenvalue weighted by Gasteiger charge is -2.43. The third-order valence-corrected chi connectivity index (χ3v) is 6.03. The highest BCUT2D eigenvalue weighted by Crippen LogP contribution is 2.35. The van der Waals surface area contributed by atoms with Crippen LogP contribution in [-0.4, -0.2) is 68.7 Å². The Bertz CT molecular complexity index is 918. The number of carbonyl (C=O) groups excluding carboxylic acids is 2. The number of rotatable bonds is 2. The number of nitrogens with zero attached hydrogens (tertiary/aromatic N) is 6. The average Bonchev–Trinajstić information content (AvgIpc) is 3.34. The van der Waals surface area contributed by atoms with Gasteiger partial charge in [-0.3, -0.25) is 14.3 Å². The van der Waals surface area contributed by atoms with Crippen LogP contribution in [0.4, 0.5) is 5.82 Å². The van der Waals surface area contributed by atoms with Crippen molar-refractivity contribution in [2.45, 2.75) is 37.6 Å². The molecule has 1 saturated carbocycles. The van der Waals surface area contributed by atoms with Crippen LogP contribution in [0.1, 0.15) is 37.4 Å². The second kappa shape index (κ2) is 6.17. The van der Waals surface area contributed by atoms with Crippen LogP contribution in [0.2, 0.25) is 0 Å². The fraction of sp³-hybridized carbons (Fsp3) is 0.611. The van der Waals surface area contributed by atoms with E-state index in [0.717, 1.165) is 35.5 Å². The molecule has 0 radical (unpaired) electrons. The monoisotopic (exact) mass is 369 g/mol. The third kappa shape index (κ3) is 2.64. The van der Waals surface area contributed by atoms with Crippen LogP contribution in [0.3, 0.4) is 0 Å². The molecule has 2 saturated heterocycles. The first kappa shape index (κ1) is 16.5. The Balaban J connectivity index is 1.54. The van der Waals surface area contributed by atoms with Crippen molar-refractivity contribution >= 4 is 28.7 Å². The molecule has 3 aliphatic rings. The summed E-state index contributed by atoms with van der Waals surface area (Å²) in [6.07, 6.45) is 6.47. The summed E-state index contributed by atoms with van der Waals surface area (Å²) in [5.74, 6) is 2.00. The molecular formula is C18H23N7O2. The number of amides is 2. The molecule has 1 atom stereocenters. The molecule has 1 aliphatic carbocycles. The Kier molecular flexibility index (Phi) is 3.76. The first-order valence-corrected chi connectivity index (χ1v) is 9.63. The molecule has 4 heterocycles. The summed E-state index contributed by atoms with van der Waals surface area (Å²) in [6.45, 7) is 1.73. The van der Waals surface area contributed by atoms with Crippen molar-refractivity contribution in [1.29, 1.82) is 0 Å². The lowest BCUT2D eigenvalue weighted by atomic mass is 10.1. The number of piperazine rings is 2. The van der Waals surface area contributed by atoms with Gasteiger partial charge in [-0.15, -0.1) is 0 Å². The van der Waals surface area contributed by atoms with Crippen molar-refractivity contribution in [2.75, 3.05) is 31.1 Å². The predicted molar refractivity (Wildman–Crippen MR) is 98.2 cm³/mol. The second-order valence-corrected chi connectivity index (χ2v) is 7.66. The Hall–Kier alpha value is -2.71. The summed E-state index contributed by atoms with van der Waals surface area (Å²) in [4.78, 5) is 38.0. The van der Waals surface area contributed by atoms with E-state index in [4.69, 9.17) is 9.97 Å². The summed E-state index contributed by atoms with van der Waals surface area (Å²) in [5, 5.41) is 7.96. The van der Waals surface area contributed by atoms with Crippen LogP contribution in [0.25, 0.3) is 11.0 Å². The maximum Gasteiger partial charge on any atom is 0.245 e. The normalized spacial score (nSPS) is 23.8. The number of anilines is 1. The fourth-order valence-corrected chi connectivity index (χ4v) is 4.51. The van der Waals surface area contributed by atoms with Crippen molar-refractivity contribution in [3.8, 4) is 0 Å². The molecule has 9 nitrogen and oxygen atoms in total. The number of carbonyl (C=O) groups is 2. The van der Waals surface area contributed by atoms with Crippen LogP contribution in [0.15, 0.2) is 6.20 Å². The minimum Gasteiger partial charge on any atom is -0.352 e. The molecule has 0 bridgehead atoms. The molecule has 1 N–H and O–H groups in total. The van der Waals surface area contributed by atoms with Gasteiger partial charge in [-0.1, -0.05) is 12.8 Å². The van der Waals surface area contributed by atoms with E-state index < -0.39 is 6.04 Å². The molecular weight excluding hydrogens is 346 g/mol. The van der Waals surface area contributed by atoms with Crippen LogP contribution < -0.4 is 10.2 Å². The molecule has 142 valence electrons. The van der Waals surface area contributed by atoms with Crippen molar-refractivity contribution in [3.05, 3.63) is 12.0 Å². The van der Waals surface area contributed by atoms with Gasteiger partial charge < -0.3 is 15.1 Å². The minimum atomic E-state index is -0.461. The predicted octanol–water partition coefficient (Wildman–Crippen LogP) is 0.168. The van der Waals surface area contributed by atoms with Crippen molar-refractivity contribution in [3.63, 3.8) is 0 Å². The number of fused-ring (bicyclic) bond motifs is 2. The zero-order valence-electron chi connectivity index (χ0n) is 15.4. The Morgan fingerprint density at radius 2 is 1.96 bits per heavy atom. The molecule has 2 aromatic heterocycles. The molecule has 2 aromatic rings. The van der Waals surface area contributed by atoms with Crippen molar-refractivity contribution in [1.82, 2.24) is 30.0 Å². The van der Waals surface area contributed by atoms with Gasteiger partial charge in [0.1, 0.15) is 17.7 Å². The summed E-state index contributed by atoms with van der Waals surface area (Å²) >= 11 is 0. The summed E-state index contributed by atoms with van der Waals surface area (Å²) < 4.78 is 1.78. The zero-order chi connectivity index (χ0) is 18.5. The molecule has 3 fully saturated rings. The Morgan fingerprint density at radius 3 is 2.78 bits per heavy atom. The van der Waals surface area contributed by atoms with Gasteiger partial charge in [0.05, 0.1) is 18.1 Å². The quantitative estimate of drug-likeness (QED) is 0.811. The van der Waals surface area contributed by atoms with E-state index in [1.54, 1.807) is 15.8 Å². The molecule has 9 heteroatoms. The van der Waals surface area contributed by atoms with E-state index in [2.05, 4.69) is 15.3 Å². The van der Waals surface area contributed by atoms with Gasteiger partial charge >= 0.3 is 0 Å². The first-order valence-electron chi connectivity index (χ1n) is 9.63. The highest BCUT2D eigenvalue weighted by molar-refractivity contribution is 5.96. The second-order valence-electron chi connectivity index (χ2n) is 7.66. The van der Waals surface area contributed by atoms with Crippen molar-refractivity contribution < 1.29 is 9.59 Å². The Morgan fingerprint density at radius 1 is 1.15 bits per heavy atom. The van der Waals surface area contributed by atoms with Crippen LogP contribution in [0.5, 0.6) is 0 Å². The van der Waals surface area contributed by atoms with Gasteiger partial charge in [-0.05, 0) is 12.8 Å². The lowest BCUT2D eigenvalue weighted by molar-refractivity contribution is -0.146. The van der Waals surface area contributed by atoms with E-state index >= 15 is 0 Å². The maximum atomic E-state index is 12.3. The number of hydrogen-bond acceptors (Lipinski definition) is 6. The Labute approximate surface area is 156 Å². The summed E-state index contributed by atoms with van der Waals surface area (Å²) in [6, 6.07) is -0.461. The lowest BCUT2D eigenvalue weighted by Crippen LogP contribution is -2.66. The molecule has 0 unspecified atom stereocenters. The van der Waals surface area contributed by atoms with Gasteiger partial charge in [0.15, 0.2) is 5.65 Å². The number of nitrogens with one attached hydrogen (secondary N) is 1. The topological polar surface area (TPSA) is 96.2 Å². The van der Waals surface area contributed by atoms with Gasteiger partial charge in [-0.2, -0.15) is 5.10 Å². The van der Waals surface area contributed by atoms with Gasteiger partial charge in [-0.25, -0.2) is 9.97 Å². The van der Waals surface area contributed by atoms with Crippen LogP contribution in [0, 0.1) is 0 Å². The molecule has 2 aliphatic heterocycles. The molecule has 2 amide bonds. The fourth-order valence-electron chi connectivity index (χ4n) is 4.51. The highest BCUT2D eigenvalue weighted by atomic mass is 16.2. The molecule has 5 rings (SSSR count). The molecule has 0 spiro atoms. The smallest absolute Gasteiger partial charge is 0.245 e. The summed E-state index contributed by atoms with van der Waals surface area (Å²) in [5.41, 5.74) is 0.827. The highest BCUT2D eigenvalue weighted by Gasteiger charge is 2.39. The van der Waals surface area contributed by atoms with E-state index in [-0.39, 0.29) is 18.4 Å². The van der Waals surface area contributed by atoms with E-state index in [9.17, 15) is 9.59 Å². The zero-order valence-corrected chi connectivity index (χ0v) is 15.4. The van der Waals surface area contributed by atoms with Crippen LogP contribution >= 0.6 is 0 Å². The molecule has 0 aromatic carbocycles. The van der Waals surface area contributed by atoms with E-state index in [1.165, 1.54) is 12.8 Å². The largest absolute Gasteiger partial charge is 0.352 e. The SMILES string of the molecule is Cn1ncc2c(N3CCN4C(=O)CNC(=O)[C@H]4C3)nc(C3CCCC3)nc21. The third-order valence-electron chi connectivity index (χ3n) is 6.03. The summed E-state index contributed by atoms with van der Waals surface area (Å²) in [7, 11) is 1.89. The van der Waals surface area contributed by atoms with E-state index in [1.807, 2.05) is 7.05 Å². The van der Waals surface area contributed by atoms with Gasteiger partial charge in [0.2, 0.25) is 11.8 Å².